The Hall–Kier alpha value is -1.29. The highest BCUT2D eigenvalue weighted by atomic mass is 127. The second-order valence-electron chi connectivity index (χ2n) is 6.02. The van der Waals surface area contributed by atoms with Crippen LogP contribution >= 0.6 is 24.0 Å². The van der Waals surface area contributed by atoms with E-state index in [2.05, 4.69) is 45.7 Å². The van der Waals surface area contributed by atoms with Gasteiger partial charge in [-0.05, 0) is 37.0 Å². The average Bonchev–Trinajstić information content (AvgIpc) is 2.90. The minimum Gasteiger partial charge on any atom is -0.361 e. The monoisotopic (exact) mass is 478 g/mol. The average molecular weight is 478 g/mol. The molecule has 0 unspecified atom stereocenters. The zero-order valence-electron chi connectivity index (χ0n) is 14.9. The van der Waals surface area contributed by atoms with Gasteiger partial charge in [0.25, 0.3) is 0 Å². The molecule has 3 N–H and O–H groups in total. The van der Waals surface area contributed by atoms with Crippen molar-refractivity contribution in [2.75, 3.05) is 32.1 Å². The molecular formula is C17H27IN4O2S. The topological polar surface area (TPSA) is 86.3 Å². The molecule has 0 atom stereocenters. The Morgan fingerprint density at radius 1 is 1.24 bits per heavy atom. The number of aryl methyl sites for hydroxylation is 1. The lowest BCUT2D eigenvalue weighted by Gasteiger charge is -2.11. The van der Waals surface area contributed by atoms with Crippen molar-refractivity contribution < 1.29 is 8.42 Å². The smallest absolute Gasteiger partial charge is 0.190 e. The number of aliphatic imine (C=N–C) groups is 1. The maximum atomic E-state index is 11.1. The molecule has 8 heteroatoms. The first-order valence-electron chi connectivity index (χ1n) is 8.08. The van der Waals surface area contributed by atoms with Crippen molar-refractivity contribution in [1.29, 1.82) is 0 Å². The normalized spacial score (nSPS) is 12.0. The van der Waals surface area contributed by atoms with Crippen LogP contribution in [0, 0.1) is 6.92 Å². The van der Waals surface area contributed by atoms with Crippen LogP contribution in [0.25, 0.3) is 10.9 Å². The molecule has 0 bridgehead atoms. The number of H-pyrrole nitrogens is 1. The van der Waals surface area contributed by atoms with E-state index in [4.69, 9.17) is 0 Å². The molecule has 1 aromatic carbocycles. The van der Waals surface area contributed by atoms with Crippen LogP contribution in [0.3, 0.4) is 0 Å². The maximum absolute atomic E-state index is 11.1. The third-order valence-electron chi connectivity index (χ3n) is 3.82. The molecule has 0 saturated carbocycles. The summed E-state index contributed by atoms with van der Waals surface area (Å²) in [6.45, 7) is 3.42. The number of halogens is 1. The number of rotatable bonds is 7. The Morgan fingerprint density at radius 3 is 2.64 bits per heavy atom. The van der Waals surface area contributed by atoms with Gasteiger partial charge in [0.15, 0.2) is 5.96 Å². The van der Waals surface area contributed by atoms with E-state index >= 15 is 0 Å². The summed E-state index contributed by atoms with van der Waals surface area (Å²) in [4.78, 5) is 7.46. The fourth-order valence-electron chi connectivity index (χ4n) is 2.58. The van der Waals surface area contributed by atoms with Crippen molar-refractivity contribution in [3.8, 4) is 0 Å². The highest BCUT2D eigenvalue weighted by molar-refractivity contribution is 14.0. The Morgan fingerprint density at radius 2 is 1.96 bits per heavy atom. The highest BCUT2D eigenvalue weighted by Gasteiger charge is 2.05. The van der Waals surface area contributed by atoms with Crippen LogP contribution in [0.4, 0.5) is 0 Å². The van der Waals surface area contributed by atoms with Gasteiger partial charge in [-0.2, -0.15) is 0 Å². The van der Waals surface area contributed by atoms with Gasteiger partial charge in [0.2, 0.25) is 0 Å². The summed E-state index contributed by atoms with van der Waals surface area (Å²) in [6.07, 6.45) is 4.76. The molecule has 0 amide bonds. The summed E-state index contributed by atoms with van der Waals surface area (Å²) in [7, 11) is -1.19. The molecule has 25 heavy (non-hydrogen) atoms. The summed E-state index contributed by atoms with van der Waals surface area (Å²) in [6, 6.07) is 6.42. The van der Waals surface area contributed by atoms with E-state index < -0.39 is 9.84 Å². The van der Waals surface area contributed by atoms with Gasteiger partial charge in [0.1, 0.15) is 9.84 Å². The molecule has 0 fully saturated rings. The molecule has 1 aromatic heterocycles. The van der Waals surface area contributed by atoms with E-state index in [0.29, 0.717) is 18.9 Å². The molecule has 0 saturated heterocycles. The van der Waals surface area contributed by atoms with Crippen molar-refractivity contribution in [2.24, 2.45) is 4.99 Å². The molecule has 0 aliphatic heterocycles. The summed E-state index contributed by atoms with van der Waals surface area (Å²) in [5.41, 5.74) is 3.67. The fourth-order valence-corrected chi connectivity index (χ4v) is 3.25. The number of hydrogen-bond donors (Lipinski definition) is 3. The summed E-state index contributed by atoms with van der Waals surface area (Å²) in [5, 5.41) is 7.64. The quantitative estimate of drug-likeness (QED) is 0.247. The van der Waals surface area contributed by atoms with Gasteiger partial charge in [-0.3, -0.25) is 4.99 Å². The molecule has 1 heterocycles. The van der Waals surface area contributed by atoms with Crippen molar-refractivity contribution in [2.45, 2.75) is 19.8 Å². The predicted octanol–water partition coefficient (Wildman–Crippen LogP) is 2.24. The van der Waals surface area contributed by atoms with Gasteiger partial charge in [-0.15, -0.1) is 24.0 Å². The van der Waals surface area contributed by atoms with Crippen LogP contribution in [0.1, 0.15) is 17.5 Å². The van der Waals surface area contributed by atoms with E-state index in [-0.39, 0.29) is 29.7 Å². The van der Waals surface area contributed by atoms with Gasteiger partial charge in [-0.1, -0.05) is 12.1 Å². The molecule has 0 aliphatic rings. The number of aromatic amines is 1. The molecule has 0 spiro atoms. The number of benzene rings is 1. The van der Waals surface area contributed by atoms with Gasteiger partial charge < -0.3 is 15.6 Å². The largest absolute Gasteiger partial charge is 0.361 e. The van der Waals surface area contributed by atoms with Crippen molar-refractivity contribution in [1.82, 2.24) is 15.6 Å². The van der Waals surface area contributed by atoms with Crippen LogP contribution in [-0.2, 0) is 16.3 Å². The van der Waals surface area contributed by atoms with Crippen LogP contribution in [-0.4, -0.2) is 51.5 Å². The number of guanidine groups is 1. The van der Waals surface area contributed by atoms with Crippen molar-refractivity contribution in [3.05, 3.63) is 35.5 Å². The van der Waals surface area contributed by atoms with E-state index in [1.165, 1.54) is 22.8 Å². The third kappa shape index (κ3) is 7.23. The first-order chi connectivity index (χ1) is 11.4. The standard InChI is InChI=1S/C17H26N4O2S.HI/c1-13-5-6-15-14(12-21-16(15)11-13)7-9-20-17(18-2)19-8-4-10-24(3,22)23;/h5-6,11-12,21H,4,7-10H2,1-3H3,(H2,18,19,20);1H. The lowest BCUT2D eigenvalue weighted by molar-refractivity contribution is 0.598. The first-order valence-corrected chi connectivity index (χ1v) is 10.1. The molecule has 140 valence electrons. The maximum Gasteiger partial charge on any atom is 0.190 e. The zero-order valence-corrected chi connectivity index (χ0v) is 18.1. The van der Waals surface area contributed by atoms with Gasteiger partial charge in [0, 0.05) is 43.5 Å². The van der Waals surface area contributed by atoms with Crippen LogP contribution in [0.5, 0.6) is 0 Å². The fraction of sp³-hybridized carbons (Fsp3) is 0.471. The Kier molecular flexibility index (Phi) is 8.70. The van der Waals surface area contributed by atoms with E-state index in [0.717, 1.165) is 18.5 Å². The molecule has 2 rings (SSSR count). The summed E-state index contributed by atoms with van der Waals surface area (Å²) >= 11 is 0. The highest BCUT2D eigenvalue weighted by Crippen LogP contribution is 2.19. The Balaban J connectivity index is 0.00000312. The second-order valence-corrected chi connectivity index (χ2v) is 8.28. The molecular weight excluding hydrogens is 451 g/mol. The summed E-state index contributed by atoms with van der Waals surface area (Å²) in [5.74, 6) is 0.880. The van der Waals surface area contributed by atoms with E-state index in [1.54, 1.807) is 7.05 Å². The number of sulfone groups is 1. The molecule has 2 aromatic rings. The number of hydrogen-bond acceptors (Lipinski definition) is 3. The number of fused-ring (bicyclic) bond motifs is 1. The lowest BCUT2D eigenvalue weighted by atomic mass is 10.1. The SMILES string of the molecule is CN=C(NCCCS(C)(=O)=O)NCCc1c[nH]c2cc(C)ccc12.I. The van der Waals surface area contributed by atoms with E-state index in [9.17, 15) is 8.42 Å². The predicted molar refractivity (Wildman–Crippen MR) is 116 cm³/mol. The minimum atomic E-state index is -2.90. The molecule has 0 radical (unpaired) electrons. The van der Waals surface area contributed by atoms with Crippen LogP contribution < -0.4 is 10.6 Å². The number of aromatic nitrogens is 1. The van der Waals surface area contributed by atoms with Crippen LogP contribution in [0.2, 0.25) is 0 Å². The van der Waals surface area contributed by atoms with Crippen molar-refractivity contribution in [3.63, 3.8) is 0 Å². The van der Waals surface area contributed by atoms with Gasteiger partial charge in [0.05, 0.1) is 5.75 Å². The van der Waals surface area contributed by atoms with Crippen molar-refractivity contribution >= 4 is 50.7 Å². The Labute approximate surface area is 166 Å². The zero-order chi connectivity index (χ0) is 17.6. The molecule has 0 aliphatic carbocycles. The van der Waals surface area contributed by atoms with Gasteiger partial charge in [-0.25, -0.2) is 8.42 Å². The van der Waals surface area contributed by atoms with Gasteiger partial charge >= 0.3 is 0 Å². The van der Waals surface area contributed by atoms with E-state index in [1.807, 2.05) is 6.20 Å². The minimum absolute atomic E-state index is 0. The third-order valence-corrected chi connectivity index (χ3v) is 4.85. The first kappa shape index (κ1) is 21.8. The lowest BCUT2D eigenvalue weighted by Crippen LogP contribution is -2.39. The second kappa shape index (κ2) is 10.0. The molecule has 6 nitrogen and oxygen atoms in total. The Bertz CT molecular complexity index is 815. The number of nitrogens with zero attached hydrogens (tertiary/aromatic N) is 1. The van der Waals surface area contributed by atoms with Crippen LogP contribution in [0.15, 0.2) is 29.4 Å². The summed E-state index contributed by atoms with van der Waals surface area (Å²) < 4.78 is 22.2. The number of nitrogens with one attached hydrogen (secondary N) is 3.